The minimum atomic E-state index is -3.37. The van der Waals surface area contributed by atoms with Crippen molar-refractivity contribution in [3.05, 3.63) is 29.8 Å². The number of nitrogens with two attached hydrogens (primary N) is 1. The van der Waals surface area contributed by atoms with Gasteiger partial charge >= 0.3 is 0 Å². The zero-order valence-electron chi connectivity index (χ0n) is 11.2. The fourth-order valence-corrected chi connectivity index (χ4v) is 3.11. The van der Waals surface area contributed by atoms with Gasteiger partial charge in [-0.3, -0.25) is 4.31 Å². The van der Waals surface area contributed by atoms with Crippen molar-refractivity contribution >= 4 is 21.5 Å². The fourth-order valence-electron chi connectivity index (χ4n) is 1.61. The molecule has 1 aromatic carbocycles. The molecule has 0 saturated carbocycles. The van der Waals surface area contributed by atoms with Gasteiger partial charge < -0.3 is 10.9 Å². The Bertz CT molecular complexity index is 567. The Hall–Kier alpha value is -1.76. The maximum atomic E-state index is 12.1. The summed E-state index contributed by atoms with van der Waals surface area (Å²) in [5, 5.41) is 11.5. The standard InChI is InChI=1S/C12H19N3O3S/c1-9(2)8-19(17,18)15(3)11-6-4-5-10(7-11)12(13)14-16/h4-7,9,16H,8H2,1-3H3,(H2,13,14). The van der Waals surface area contributed by atoms with Gasteiger partial charge in [0.2, 0.25) is 10.0 Å². The summed E-state index contributed by atoms with van der Waals surface area (Å²) in [7, 11) is -1.88. The lowest BCUT2D eigenvalue weighted by Crippen LogP contribution is -2.31. The average Bonchev–Trinajstić information content (AvgIpc) is 2.35. The molecule has 0 fully saturated rings. The van der Waals surface area contributed by atoms with Gasteiger partial charge in [0.1, 0.15) is 0 Å². The van der Waals surface area contributed by atoms with Gasteiger partial charge in [-0.25, -0.2) is 8.42 Å². The second kappa shape index (κ2) is 5.92. The average molecular weight is 285 g/mol. The van der Waals surface area contributed by atoms with E-state index >= 15 is 0 Å². The molecule has 0 unspecified atom stereocenters. The molecule has 1 rings (SSSR count). The summed E-state index contributed by atoms with van der Waals surface area (Å²) >= 11 is 0. The van der Waals surface area contributed by atoms with Crippen LogP contribution >= 0.6 is 0 Å². The fraction of sp³-hybridized carbons (Fsp3) is 0.417. The normalized spacial score (nSPS) is 12.7. The number of hydrogen-bond acceptors (Lipinski definition) is 4. The van der Waals surface area contributed by atoms with Gasteiger partial charge in [-0.05, 0) is 18.1 Å². The molecule has 3 N–H and O–H groups in total. The van der Waals surface area contributed by atoms with Gasteiger partial charge in [0.25, 0.3) is 0 Å². The van der Waals surface area contributed by atoms with E-state index in [1.165, 1.54) is 11.4 Å². The van der Waals surface area contributed by atoms with Crippen molar-refractivity contribution in [2.45, 2.75) is 13.8 Å². The van der Waals surface area contributed by atoms with E-state index in [2.05, 4.69) is 5.16 Å². The smallest absolute Gasteiger partial charge is 0.235 e. The Balaban J connectivity index is 3.10. The largest absolute Gasteiger partial charge is 0.409 e. The van der Waals surface area contributed by atoms with E-state index in [0.29, 0.717) is 11.3 Å². The van der Waals surface area contributed by atoms with E-state index in [4.69, 9.17) is 10.9 Å². The molecule has 0 aliphatic rings. The third kappa shape index (κ3) is 3.85. The van der Waals surface area contributed by atoms with Crippen molar-refractivity contribution in [1.82, 2.24) is 0 Å². The lowest BCUT2D eigenvalue weighted by molar-refractivity contribution is 0.318. The van der Waals surface area contributed by atoms with Gasteiger partial charge in [-0.2, -0.15) is 0 Å². The Labute approximate surface area is 113 Å². The zero-order chi connectivity index (χ0) is 14.6. The molecule has 0 spiro atoms. The Morgan fingerprint density at radius 1 is 1.47 bits per heavy atom. The summed E-state index contributed by atoms with van der Waals surface area (Å²) in [5.74, 6) is 0.0494. The topological polar surface area (TPSA) is 96.0 Å². The van der Waals surface area contributed by atoms with Crippen LogP contribution in [0.4, 0.5) is 5.69 Å². The van der Waals surface area contributed by atoms with Crippen LogP contribution in [0.25, 0.3) is 0 Å². The first-order valence-electron chi connectivity index (χ1n) is 5.82. The predicted molar refractivity (Wildman–Crippen MR) is 76.0 cm³/mol. The summed E-state index contributed by atoms with van der Waals surface area (Å²) in [5.41, 5.74) is 6.43. The van der Waals surface area contributed by atoms with Crippen molar-refractivity contribution < 1.29 is 13.6 Å². The number of rotatable bonds is 5. The number of benzene rings is 1. The molecule has 0 aliphatic heterocycles. The second-order valence-corrected chi connectivity index (χ2v) is 6.72. The lowest BCUT2D eigenvalue weighted by atomic mass is 10.2. The number of oxime groups is 1. The zero-order valence-corrected chi connectivity index (χ0v) is 12.1. The summed E-state index contributed by atoms with van der Waals surface area (Å²) < 4.78 is 25.4. The van der Waals surface area contributed by atoms with E-state index in [1.807, 2.05) is 13.8 Å². The first-order valence-corrected chi connectivity index (χ1v) is 7.43. The van der Waals surface area contributed by atoms with Gasteiger partial charge in [0, 0.05) is 12.6 Å². The first kappa shape index (κ1) is 15.3. The Morgan fingerprint density at radius 2 is 2.11 bits per heavy atom. The van der Waals surface area contributed by atoms with Crippen LogP contribution in [0.2, 0.25) is 0 Å². The second-order valence-electron chi connectivity index (χ2n) is 4.68. The molecule has 0 atom stereocenters. The summed E-state index contributed by atoms with van der Waals surface area (Å²) in [6.07, 6.45) is 0. The molecular weight excluding hydrogens is 266 g/mol. The number of nitrogens with zero attached hydrogens (tertiary/aromatic N) is 2. The molecule has 19 heavy (non-hydrogen) atoms. The summed E-state index contributed by atoms with van der Waals surface area (Å²) in [6.45, 7) is 3.69. The summed E-state index contributed by atoms with van der Waals surface area (Å²) in [6, 6.07) is 6.52. The van der Waals surface area contributed by atoms with Crippen LogP contribution in [0.1, 0.15) is 19.4 Å². The molecule has 0 aliphatic carbocycles. The van der Waals surface area contributed by atoms with E-state index in [-0.39, 0.29) is 17.5 Å². The van der Waals surface area contributed by atoms with Gasteiger partial charge in [-0.1, -0.05) is 31.1 Å². The SMILES string of the molecule is CC(C)CS(=O)(=O)N(C)c1cccc(C(N)=NO)c1. The van der Waals surface area contributed by atoms with Crippen LogP contribution < -0.4 is 10.0 Å². The molecule has 0 radical (unpaired) electrons. The van der Waals surface area contributed by atoms with Crippen molar-refractivity contribution in [3.63, 3.8) is 0 Å². The predicted octanol–water partition coefficient (Wildman–Crippen LogP) is 1.20. The molecule has 6 nitrogen and oxygen atoms in total. The highest BCUT2D eigenvalue weighted by Crippen LogP contribution is 2.19. The third-order valence-electron chi connectivity index (χ3n) is 2.57. The minimum Gasteiger partial charge on any atom is -0.409 e. The van der Waals surface area contributed by atoms with Gasteiger partial charge in [0.15, 0.2) is 5.84 Å². The lowest BCUT2D eigenvalue weighted by Gasteiger charge is -2.21. The van der Waals surface area contributed by atoms with Gasteiger partial charge in [-0.15, -0.1) is 0 Å². The third-order valence-corrected chi connectivity index (χ3v) is 4.71. The number of sulfonamides is 1. The van der Waals surface area contributed by atoms with Crippen LogP contribution in [-0.2, 0) is 10.0 Å². The molecule has 0 aromatic heterocycles. The van der Waals surface area contributed by atoms with Crippen molar-refractivity contribution in [1.29, 1.82) is 0 Å². The van der Waals surface area contributed by atoms with Crippen LogP contribution in [0.15, 0.2) is 29.4 Å². The van der Waals surface area contributed by atoms with Crippen molar-refractivity contribution in [2.24, 2.45) is 16.8 Å². The molecular formula is C12H19N3O3S. The number of anilines is 1. The van der Waals surface area contributed by atoms with Crippen LogP contribution in [0.5, 0.6) is 0 Å². The molecule has 0 heterocycles. The molecule has 1 aromatic rings. The first-order chi connectivity index (χ1) is 8.77. The van der Waals surface area contributed by atoms with E-state index in [1.54, 1.807) is 24.3 Å². The Kier molecular flexibility index (Phi) is 4.77. The highest BCUT2D eigenvalue weighted by Gasteiger charge is 2.20. The molecule has 7 heteroatoms. The highest BCUT2D eigenvalue weighted by atomic mass is 32.2. The van der Waals surface area contributed by atoms with Gasteiger partial charge in [0.05, 0.1) is 11.4 Å². The minimum absolute atomic E-state index is 0.0414. The van der Waals surface area contributed by atoms with E-state index in [0.717, 1.165) is 0 Å². The quantitative estimate of drug-likeness (QED) is 0.368. The Morgan fingerprint density at radius 3 is 2.63 bits per heavy atom. The highest BCUT2D eigenvalue weighted by molar-refractivity contribution is 7.92. The molecule has 0 bridgehead atoms. The maximum Gasteiger partial charge on any atom is 0.235 e. The summed E-state index contributed by atoms with van der Waals surface area (Å²) in [4.78, 5) is 0. The van der Waals surface area contributed by atoms with Crippen LogP contribution in [-0.4, -0.2) is 32.3 Å². The monoisotopic (exact) mass is 285 g/mol. The molecule has 0 saturated heterocycles. The maximum absolute atomic E-state index is 12.1. The van der Waals surface area contributed by atoms with Crippen molar-refractivity contribution in [3.8, 4) is 0 Å². The number of hydrogen-bond donors (Lipinski definition) is 2. The van der Waals surface area contributed by atoms with Crippen molar-refractivity contribution in [2.75, 3.05) is 17.1 Å². The number of amidine groups is 1. The van der Waals surface area contributed by atoms with E-state index < -0.39 is 10.0 Å². The van der Waals surface area contributed by atoms with E-state index in [9.17, 15) is 8.42 Å². The molecule has 106 valence electrons. The van der Waals surface area contributed by atoms with Crippen LogP contribution in [0.3, 0.4) is 0 Å². The molecule has 0 amide bonds. The van der Waals surface area contributed by atoms with Crippen LogP contribution in [0, 0.1) is 5.92 Å².